The van der Waals surface area contributed by atoms with E-state index in [-0.39, 0.29) is 23.5 Å². The highest BCUT2D eigenvalue weighted by Crippen LogP contribution is 2.18. The second-order valence-corrected chi connectivity index (χ2v) is 6.07. The van der Waals surface area contributed by atoms with Gasteiger partial charge < -0.3 is 5.73 Å². The van der Waals surface area contributed by atoms with E-state index in [0.717, 1.165) is 6.07 Å². The van der Waals surface area contributed by atoms with Crippen LogP contribution in [-0.2, 0) is 16.4 Å². The fourth-order valence-corrected chi connectivity index (χ4v) is 2.70. The monoisotopic (exact) mass is 295 g/mol. The number of nitrogens with two attached hydrogens (primary N) is 1. The number of sulfonamides is 1. The maximum absolute atomic E-state index is 13.5. The van der Waals surface area contributed by atoms with Crippen molar-refractivity contribution in [3.05, 3.63) is 54.1 Å². The van der Waals surface area contributed by atoms with Gasteiger partial charge in [-0.05, 0) is 30.3 Å². The first-order valence-corrected chi connectivity index (χ1v) is 7.57. The highest BCUT2D eigenvalue weighted by atomic mass is 32.2. The van der Waals surface area contributed by atoms with Crippen LogP contribution in [0.4, 0.5) is 15.8 Å². The van der Waals surface area contributed by atoms with Crippen LogP contribution in [0.25, 0.3) is 0 Å². The summed E-state index contributed by atoms with van der Waals surface area (Å²) in [6, 6.07) is 8.98. The van der Waals surface area contributed by atoms with Crippen LogP contribution in [0.5, 0.6) is 0 Å². The molecule has 20 heavy (non-hydrogen) atoms. The number of anilines is 2. The average molecular weight is 295 g/mol. The van der Waals surface area contributed by atoms with E-state index in [4.69, 9.17) is 5.73 Å². The van der Waals surface area contributed by atoms with Crippen LogP contribution >= 0.6 is 0 Å². The van der Waals surface area contributed by atoms with Crippen LogP contribution in [0.1, 0.15) is 5.69 Å². The number of nitrogens with zero attached hydrogens (tertiary/aromatic N) is 1. The van der Waals surface area contributed by atoms with Crippen molar-refractivity contribution in [2.75, 3.05) is 16.2 Å². The minimum atomic E-state index is -3.66. The fourth-order valence-electron chi connectivity index (χ4n) is 1.62. The molecule has 0 unspecified atom stereocenters. The van der Waals surface area contributed by atoms with E-state index < -0.39 is 15.8 Å². The van der Waals surface area contributed by atoms with Gasteiger partial charge in [-0.2, -0.15) is 0 Å². The number of hydrogen-bond acceptors (Lipinski definition) is 4. The molecule has 0 saturated heterocycles. The largest absolute Gasteiger partial charge is 0.399 e. The van der Waals surface area contributed by atoms with Gasteiger partial charge in [-0.1, -0.05) is 6.07 Å². The number of benzene rings is 1. The van der Waals surface area contributed by atoms with Gasteiger partial charge in [0.15, 0.2) is 0 Å². The number of halogens is 1. The summed E-state index contributed by atoms with van der Waals surface area (Å²) in [5.74, 6) is -0.848. The molecule has 1 aromatic carbocycles. The van der Waals surface area contributed by atoms with Crippen LogP contribution in [0.15, 0.2) is 42.6 Å². The van der Waals surface area contributed by atoms with Crippen LogP contribution in [-0.4, -0.2) is 19.2 Å². The lowest BCUT2D eigenvalue weighted by Gasteiger charge is -2.09. The molecule has 1 aromatic heterocycles. The minimum absolute atomic E-state index is 0.147. The summed E-state index contributed by atoms with van der Waals surface area (Å²) in [6.45, 7) is 0. The molecule has 0 atom stereocenters. The van der Waals surface area contributed by atoms with E-state index in [1.807, 2.05) is 0 Å². The Morgan fingerprint density at radius 2 is 2.05 bits per heavy atom. The first-order chi connectivity index (χ1) is 9.46. The number of aryl methyl sites for hydroxylation is 1. The van der Waals surface area contributed by atoms with Gasteiger partial charge in [0.05, 0.1) is 11.4 Å². The van der Waals surface area contributed by atoms with Crippen molar-refractivity contribution in [2.45, 2.75) is 6.42 Å². The van der Waals surface area contributed by atoms with Gasteiger partial charge in [0.1, 0.15) is 5.82 Å². The lowest BCUT2D eigenvalue weighted by atomic mass is 10.3. The molecule has 0 radical (unpaired) electrons. The fraction of sp³-hybridized carbons (Fsp3) is 0.154. The second kappa shape index (κ2) is 5.87. The quantitative estimate of drug-likeness (QED) is 0.823. The van der Waals surface area contributed by atoms with Crippen LogP contribution in [0.2, 0.25) is 0 Å². The van der Waals surface area contributed by atoms with Gasteiger partial charge in [0.25, 0.3) is 0 Å². The van der Waals surface area contributed by atoms with Crippen molar-refractivity contribution in [3.63, 3.8) is 0 Å². The second-order valence-electron chi connectivity index (χ2n) is 4.23. The third kappa shape index (κ3) is 3.92. The normalized spacial score (nSPS) is 11.2. The predicted molar refractivity (Wildman–Crippen MR) is 76.2 cm³/mol. The van der Waals surface area contributed by atoms with Gasteiger partial charge in [-0.25, -0.2) is 12.8 Å². The number of pyridine rings is 1. The molecule has 0 fully saturated rings. The van der Waals surface area contributed by atoms with Gasteiger partial charge in [-0.3, -0.25) is 9.71 Å². The zero-order valence-corrected chi connectivity index (χ0v) is 11.4. The lowest BCUT2D eigenvalue weighted by Crippen LogP contribution is -2.19. The molecule has 3 N–H and O–H groups in total. The molecule has 0 aliphatic rings. The smallest absolute Gasteiger partial charge is 0.233 e. The molecule has 5 nitrogen and oxygen atoms in total. The van der Waals surface area contributed by atoms with Gasteiger partial charge in [0.2, 0.25) is 10.0 Å². The van der Waals surface area contributed by atoms with Crippen molar-refractivity contribution in [2.24, 2.45) is 0 Å². The van der Waals surface area contributed by atoms with Crippen molar-refractivity contribution in [1.29, 1.82) is 0 Å². The molecule has 0 saturated carbocycles. The van der Waals surface area contributed by atoms with E-state index in [0.29, 0.717) is 5.69 Å². The maximum atomic E-state index is 13.5. The SMILES string of the molecule is Nc1ccc(F)c(NS(=O)(=O)CCc2ccccn2)c1. The molecule has 7 heteroatoms. The zero-order chi connectivity index (χ0) is 14.6. The van der Waals surface area contributed by atoms with Crippen molar-refractivity contribution >= 4 is 21.4 Å². The summed E-state index contributed by atoms with van der Waals surface area (Å²) in [7, 11) is -3.66. The first kappa shape index (κ1) is 14.3. The Kier molecular flexibility index (Phi) is 4.19. The summed E-state index contributed by atoms with van der Waals surface area (Å²) in [5.41, 5.74) is 6.30. The molecule has 0 aliphatic heterocycles. The molecule has 0 aliphatic carbocycles. The van der Waals surface area contributed by atoms with Gasteiger partial charge >= 0.3 is 0 Å². The Bertz CT molecular complexity index is 690. The average Bonchev–Trinajstić information content (AvgIpc) is 2.42. The summed E-state index contributed by atoms with van der Waals surface area (Å²) in [6.07, 6.45) is 1.84. The van der Waals surface area contributed by atoms with E-state index in [1.165, 1.54) is 12.1 Å². The minimum Gasteiger partial charge on any atom is -0.399 e. The molecule has 0 amide bonds. The molecule has 2 rings (SSSR count). The maximum Gasteiger partial charge on any atom is 0.233 e. The number of hydrogen-bond donors (Lipinski definition) is 2. The molecule has 106 valence electrons. The Hall–Kier alpha value is -2.15. The lowest BCUT2D eigenvalue weighted by molar-refractivity contribution is 0.597. The summed E-state index contributed by atoms with van der Waals surface area (Å²) < 4.78 is 39.4. The third-order valence-corrected chi connectivity index (χ3v) is 3.88. The number of nitrogens with one attached hydrogen (secondary N) is 1. The Balaban J connectivity index is 2.06. The summed E-state index contributed by atoms with van der Waals surface area (Å²) in [4.78, 5) is 4.03. The predicted octanol–water partition coefficient (Wildman–Crippen LogP) is 1.79. The van der Waals surface area contributed by atoms with E-state index >= 15 is 0 Å². The molecule has 0 spiro atoms. The third-order valence-electron chi connectivity index (χ3n) is 2.61. The Labute approximate surface area is 116 Å². The van der Waals surface area contributed by atoms with Crippen LogP contribution in [0.3, 0.4) is 0 Å². The van der Waals surface area contributed by atoms with Gasteiger partial charge in [0, 0.05) is 24.0 Å². The summed E-state index contributed by atoms with van der Waals surface area (Å²) >= 11 is 0. The molecule has 1 heterocycles. The number of nitrogen functional groups attached to an aromatic ring is 1. The van der Waals surface area contributed by atoms with E-state index in [9.17, 15) is 12.8 Å². The molecule has 0 bridgehead atoms. The Morgan fingerprint density at radius 1 is 1.25 bits per heavy atom. The van der Waals surface area contributed by atoms with Gasteiger partial charge in [-0.15, -0.1) is 0 Å². The zero-order valence-electron chi connectivity index (χ0n) is 10.6. The Morgan fingerprint density at radius 3 is 2.75 bits per heavy atom. The van der Waals surface area contributed by atoms with Crippen LogP contribution < -0.4 is 10.5 Å². The van der Waals surface area contributed by atoms with Crippen molar-refractivity contribution in [3.8, 4) is 0 Å². The summed E-state index contributed by atoms with van der Waals surface area (Å²) in [5, 5.41) is 0. The molecule has 2 aromatic rings. The standard InChI is InChI=1S/C13H14FN3O2S/c14-12-5-4-10(15)9-13(12)17-20(18,19)8-6-11-3-1-2-7-16-11/h1-5,7,9,17H,6,8,15H2. The number of rotatable bonds is 5. The first-order valence-electron chi connectivity index (χ1n) is 5.92. The molecular weight excluding hydrogens is 281 g/mol. The van der Waals surface area contributed by atoms with Crippen molar-refractivity contribution < 1.29 is 12.8 Å². The number of aromatic nitrogens is 1. The van der Waals surface area contributed by atoms with E-state index in [2.05, 4.69) is 9.71 Å². The van der Waals surface area contributed by atoms with E-state index in [1.54, 1.807) is 24.4 Å². The van der Waals surface area contributed by atoms with Crippen molar-refractivity contribution in [1.82, 2.24) is 4.98 Å². The highest BCUT2D eigenvalue weighted by molar-refractivity contribution is 7.92. The molecular formula is C13H14FN3O2S. The topological polar surface area (TPSA) is 85.1 Å². The highest BCUT2D eigenvalue weighted by Gasteiger charge is 2.14. The van der Waals surface area contributed by atoms with Crippen LogP contribution in [0, 0.1) is 5.82 Å².